The lowest BCUT2D eigenvalue weighted by Crippen LogP contribution is -2.56. The van der Waals surface area contributed by atoms with Crippen LogP contribution in [0.2, 0.25) is 0 Å². The maximum atomic E-state index is 12.2. The average molecular weight is 305 g/mol. The van der Waals surface area contributed by atoms with Crippen molar-refractivity contribution in [3.8, 4) is 6.07 Å². The van der Waals surface area contributed by atoms with Crippen molar-refractivity contribution in [1.29, 1.82) is 5.26 Å². The summed E-state index contributed by atoms with van der Waals surface area (Å²) in [5, 5.41) is 20.9. The number of nitrogens with zero attached hydrogens (tertiary/aromatic N) is 2. The van der Waals surface area contributed by atoms with Gasteiger partial charge in [-0.3, -0.25) is 4.79 Å². The highest BCUT2D eigenvalue weighted by Gasteiger charge is 2.41. The Labute approximate surface area is 126 Å². The molecular formula is C14H15N3O3S. The summed E-state index contributed by atoms with van der Waals surface area (Å²) < 4.78 is 0. The third kappa shape index (κ3) is 3.16. The lowest BCUT2D eigenvalue weighted by atomic mass is 9.92. The summed E-state index contributed by atoms with van der Waals surface area (Å²) in [7, 11) is 0. The van der Waals surface area contributed by atoms with Crippen molar-refractivity contribution < 1.29 is 14.7 Å². The van der Waals surface area contributed by atoms with E-state index in [9.17, 15) is 14.7 Å². The molecule has 6 nitrogen and oxygen atoms in total. The summed E-state index contributed by atoms with van der Waals surface area (Å²) in [6.07, 6.45) is 0.794. The molecule has 1 fully saturated rings. The molecule has 0 aliphatic carbocycles. The molecule has 0 spiro atoms. The number of rotatable bonds is 3. The van der Waals surface area contributed by atoms with Gasteiger partial charge in [-0.15, -0.1) is 0 Å². The molecule has 0 atom stereocenters. The van der Waals surface area contributed by atoms with Crippen LogP contribution in [0.4, 0.5) is 0 Å². The van der Waals surface area contributed by atoms with Crippen LogP contribution >= 0.6 is 11.8 Å². The molecule has 0 bridgehead atoms. The first kappa shape index (κ1) is 15.3. The second kappa shape index (κ2) is 6.14. The third-order valence-corrected chi connectivity index (χ3v) is 4.53. The second-order valence-corrected chi connectivity index (χ2v) is 6.12. The van der Waals surface area contributed by atoms with Crippen molar-refractivity contribution in [3.05, 3.63) is 29.1 Å². The van der Waals surface area contributed by atoms with E-state index in [1.165, 1.54) is 12.1 Å². The molecule has 0 radical (unpaired) electrons. The first-order valence-corrected chi connectivity index (χ1v) is 7.65. The Balaban J connectivity index is 2.22. The first-order valence-electron chi connectivity index (χ1n) is 6.50. The van der Waals surface area contributed by atoms with E-state index < -0.39 is 17.4 Å². The van der Waals surface area contributed by atoms with Crippen LogP contribution in [-0.2, 0) is 4.79 Å². The molecule has 1 amide bonds. The largest absolute Gasteiger partial charge is 0.480 e. The lowest BCUT2D eigenvalue weighted by molar-refractivity contribution is -0.144. The van der Waals surface area contributed by atoms with Gasteiger partial charge in [-0.05, 0) is 43.4 Å². The van der Waals surface area contributed by atoms with E-state index in [2.05, 4.69) is 10.3 Å². The fourth-order valence-corrected chi connectivity index (χ4v) is 3.39. The van der Waals surface area contributed by atoms with E-state index in [1.807, 2.05) is 6.07 Å². The highest BCUT2D eigenvalue weighted by atomic mass is 32.2. The Morgan fingerprint density at radius 1 is 1.43 bits per heavy atom. The molecule has 2 rings (SSSR count). The highest BCUT2D eigenvalue weighted by molar-refractivity contribution is 7.99. The zero-order chi connectivity index (χ0) is 15.5. The lowest BCUT2D eigenvalue weighted by Gasteiger charge is -2.33. The van der Waals surface area contributed by atoms with Crippen molar-refractivity contribution in [1.82, 2.24) is 10.3 Å². The quantitative estimate of drug-likeness (QED) is 0.873. The molecule has 2 N–H and O–H groups in total. The zero-order valence-electron chi connectivity index (χ0n) is 11.5. The maximum absolute atomic E-state index is 12.2. The predicted molar refractivity (Wildman–Crippen MR) is 78.1 cm³/mol. The second-order valence-electron chi connectivity index (χ2n) is 4.90. The van der Waals surface area contributed by atoms with Gasteiger partial charge in [0.05, 0.1) is 11.3 Å². The number of hydrogen-bond donors (Lipinski definition) is 2. The van der Waals surface area contributed by atoms with E-state index in [0.717, 1.165) is 0 Å². The number of nitrogens with one attached hydrogen (secondary N) is 1. The van der Waals surface area contributed by atoms with E-state index in [0.29, 0.717) is 35.6 Å². The summed E-state index contributed by atoms with van der Waals surface area (Å²) in [6.45, 7) is 1.64. The molecular weight excluding hydrogens is 290 g/mol. The number of thioether (sulfide) groups is 1. The van der Waals surface area contributed by atoms with E-state index in [1.54, 1.807) is 18.7 Å². The first-order chi connectivity index (χ1) is 9.98. The average Bonchev–Trinajstić information content (AvgIpc) is 2.47. The van der Waals surface area contributed by atoms with Gasteiger partial charge in [0.25, 0.3) is 5.91 Å². The fraction of sp³-hybridized carbons (Fsp3) is 0.429. The van der Waals surface area contributed by atoms with Crippen molar-refractivity contribution in [2.75, 3.05) is 11.5 Å². The number of pyridine rings is 1. The highest BCUT2D eigenvalue weighted by Crippen LogP contribution is 2.27. The van der Waals surface area contributed by atoms with Gasteiger partial charge in [-0.2, -0.15) is 17.0 Å². The van der Waals surface area contributed by atoms with E-state index >= 15 is 0 Å². The van der Waals surface area contributed by atoms with E-state index in [-0.39, 0.29) is 5.69 Å². The fourth-order valence-electron chi connectivity index (χ4n) is 2.20. The standard InChI is InChI=1S/C14H15N3O3S/c1-9-10(8-15)2-3-11(16-9)12(18)17-14(13(19)20)4-6-21-7-5-14/h2-3H,4-7H2,1H3,(H,17,18)(H,19,20). The Morgan fingerprint density at radius 2 is 2.10 bits per heavy atom. The number of amides is 1. The van der Waals surface area contributed by atoms with Crippen molar-refractivity contribution in [3.63, 3.8) is 0 Å². The minimum Gasteiger partial charge on any atom is -0.480 e. The Kier molecular flexibility index (Phi) is 4.48. The van der Waals surface area contributed by atoms with Crippen LogP contribution < -0.4 is 5.32 Å². The number of aryl methyl sites for hydroxylation is 1. The van der Waals surface area contributed by atoms with Gasteiger partial charge < -0.3 is 10.4 Å². The van der Waals surface area contributed by atoms with Crippen molar-refractivity contribution in [2.24, 2.45) is 0 Å². The van der Waals surface area contributed by atoms with Crippen LogP contribution in [0, 0.1) is 18.3 Å². The Morgan fingerprint density at radius 3 is 2.62 bits per heavy atom. The number of aliphatic carboxylic acids is 1. The summed E-state index contributed by atoms with van der Waals surface area (Å²) >= 11 is 1.68. The molecule has 2 heterocycles. The molecule has 1 aromatic rings. The van der Waals surface area contributed by atoms with E-state index in [4.69, 9.17) is 5.26 Å². The number of carboxylic acids is 1. The molecule has 0 aromatic carbocycles. The number of carboxylic acid groups (broad SMARTS) is 1. The van der Waals surface area contributed by atoms with Crippen LogP contribution in [0.3, 0.4) is 0 Å². The number of carbonyl (C=O) groups is 2. The van der Waals surface area contributed by atoms with Gasteiger partial charge in [0.1, 0.15) is 17.3 Å². The van der Waals surface area contributed by atoms with Crippen LogP contribution in [0.5, 0.6) is 0 Å². The number of nitriles is 1. The minimum absolute atomic E-state index is 0.130. The van der Waals surface area contributed by atoms with Gasteiger partial charge in [-0.1, -0.05) is 0 Å². The van der Waals surface area contributed by atoms with Crippen LogP contribution in [-0.4, -0.2) is 39.0 Å². The van der Waals surface area contributed by atoms with Gasteiger partial charge in [0.15, 0.2) is 0 Å². The van der Waals surface area contributed by atoms with Crippen molar-refractivity contribution >= 4 is 23.6 Å². The minimum atomic E-state index is -1.22. The maximum Gasteiger partial charge on any atom is 0.329 e. The van der Waals surface area contributed by atoms with Crippen LogP contribution in [0.25, 0.3) is 0 Å². The zero-order valence-corrected chi connectivity index (χ0v) is 12.4. The topological polar surface area (TPSA) is 103 Å². The molecule has 110 valence electrons. The molecule has 21 heavy (non-hydrogen) atoms. The summed E-state index contributed by atoms with van der Waals surface area (Å²) in [6, 6.07) is 4.93. The van der Waals surface area contributed by atoms with Crippen LogP contribution in [0.15, 0.2) is 12.1 Å². The molecule has 0 unspecified atom stereocenters. The molecule has 1 aliphatic rings. The van der Waals surface area contributed by atoms with Gasteiger partial charge in [-0.25, -0.2) is 9.78 Å². The Hall–Kier alpha value is -2.07. The molecule has 7 heteroatoms. The molecule has 0 saturated carbocycles. The molecule has 1 saturated heterocycles. The number of aromatic nitrogens is 1. The number of hydrogen-bond acceptors (Lipinski definition) is 5. The Bertz CT molecular complexity index is 618. The SMILES string of the molecule is Cc1nc(C(=O)NC2(C(=O)O)CCSCC2)ccc1C#N. The monoisotopic (exact) mass is 305 g/mol. The molecule has 1 aromatic heterocycles. The van der Waals surface area contributed by atoms with Crippen molar-refractivity contribution in [2.45, 2.75) is 25.3 Å². The van der Waals surface area contributed by atoms with Crippen LogP contribution in [0.1, 0.15) is 34.6 Å². The normalized spacial score (nSPS) is 16.8. The summed E-state index contributed by atoms with van der Waals surface area (Å²) in [5.74, 6) is -0.128. The predicted octanol–water partition coefficient (Wildman–Crippen LogP) is 1.34. The molecule has 1 aliphatic heterocycles. The summed E-state index contributed by atoms with van der Waals surface area (Å²) in [4.78, 5) is 27.8. The summed E-state index contributed by atoms with van der Waals surface area (Å²) in [5.41, 5.74) is -0.237. The smallest absolute Gasteiger partial charge is 0.329 e. The van der Waals surface area contributed by atoms with Gasteiger partial charge in [0, 0.05) is 0 Å². The van der Waals surface area contributed by atoms with Gasteiger partial charge >= 0.3 is 5.97 Å². The number of carbonyl (C=O) groups excluding carboxylic acids is 1. The third-order valence-electron chi connectivity index (χ3n) is 3.55. The van der Waals surface area contributed by atoms with Gasteiger partial charge in [0.2, 0.25) is 0 Å².